The molecule has 5 heteroatoms. The summed E-state index contributed by atoms with van der Waals surface area (Å²) in [5.41, 5.74) is 1.20. The second-order valence-electron chi connectivity index (χ2n) is 6.43. The third-order valence-corrected chi connectivity index (χ3v) is 5.15. The van der Waals surface area contributed by atoms with Gasteiger partial charge < -0.3 is 9.80 Å². The lowest BCUT2D eigenvalue weighted by Crippen LogP contribution is -2.55. The molecule has 1 unspecified atom stereocenters. The van der Waals surface area contributed by atoms with E-state index in [4.69, 9.17) is 11.6 Å². The van der Waals surface area contributed by atoms with Crippen molar-refractivity contribution in [1.82, 2.24) is 9.80 Å². The number of carbonyl (C=O) groups excluding carboxylic acids is 1. The molecule has 2 heterocycles. The molecule has 0 aliphatic carbocycles. The lowest BCUT2D eigenvalue weighted by molar-refractivity contribution is -0.127. The highest BCUT2D eigenvalue weighted by atomic mass is 35.5. The van der Waals surface area contributed by atoms with Crippen molar-refractivity contribution in [3.8, 4) is 11.8 Å². The molecule has 0 N–H and O–H groups in total. The molecular formula is C19H24ClN3O. The van der Waals surface area contributed by atoms with E-state index in [0.717, 1.165) is 50.7 Å². The van der Waals surface area contributed by atoms with Gasteiger partial charge in [0.05, 0.1) is 0 Å². The molecule has 2 fully saturated rings. The molecular weight excluding hydrogens is 322 g/mol. The Kier molecular flexibility index (Phi) is 5.65. The molecule has 0 bridgehead atoms. The average molecular weight is 346 g/mol. The number of benzene rings is 1. The third kappa shape index (κ3) is 4.03. The Bertz CT molecular complexity index is 644. The summed E-state index contributed by atoms with van der Waals surface area (Å²) in [5, 5.41) is 0.786. The second kappa shape index (κ2) is 7.92. The van der Waals surface area contributed by atoms with Gasteiger partial charge in [0, 0.05) is 56.0 Å². The van der Waals surface area contributed by atoms with Crippen molar-refractivity contribution in [2.75, 3.05) is 44.2 Å². The van der Waals surface area contributed by atoms with E-state index in [2.05, 4.69) is 27.7 Å². The summed E-state index contributed by atoms with van der Waals surface area (Å²) in [4.78, 5) is 18.8. The number of hydrogen-bond donors (Lipinski definition) is 0. The predicted octanol–water partition coefficient (Wildman–Crippen LogP) is 2.48. The highest BCUT2D eigenvalue weighted by molar-refractivity contribution is 6.30. The Labute approximate surface area is 149 Å². The number of hydrogen-bond acceptors (Lipinski definition) is 3. The summed E-state index contributed by atoms with van der Waals surface area (Å²) >= 11 is 6.10. The standard InChI is InChI=1S/C19H24ClN3O/c1-2-5-19(24)23-9-4-8-18(15-23)22-12-10-21(11-13-22)17-7-3-6-16(20)14-17/h3,6-7,14,18H,4,8-13,15H2,1H3. The normalized spacial score (nSPS) is 22.0. The molecule has 24 heavy (non-hydrogen) atoms. The molecule has 0 saturated carbocycles. The van der Waals surface area contributed by atoms with E-state index in [1.165, 1.54) is 12.1 Å². The first-order valence-electron chi connectivity index (χ1n) is 8.63. The lowest BCUT2D eigenvalue weighted by atomic mass is 10.0. The van der Waals surface area contributed by atoms with Crippen LogP contribution >= 0.6 is 11.6 Å². The minimum atomic E-state index is -0.0280. The molecule has 1 atom stereocenters. The molecule has 1 aromatic rings. The van der Waals surface area contributed by atoms with Crippen molar-refractivity contribution in [2.24, 2.45) is 0 Å². The fourth-order valence-electron chi connectivity index (χ4n) is 3.64. The number of amides is 1. The van der Waals surface area contributed by atoms with Crippen molar-refractivity contribution in [2.45, 2.75) is 25.8 Å². The number of nitrogens with zero attached hydrogens (tertiary/aromatic N) is 3. The smallest absolute Gasteiger partial charge is 0.298 e. The van der Waals surface area contributed by atoms with Crippen LogP contribution in [0.5, 0.6) is 0 Å². The fraction of sp³-hybridized carbons (Fsp3) is 0.526. The van der Waals surface area contributed by atoms with Crippen molar-refractivity contribution in [1.29, 1.82) is 0 Å². The largest absolute Gasteiger partial charge is 0.369 e. The monoisotopic (exact) mass is 345 g/mol. The molecule has 2 aliphatic rings. The second-order valence-corrected chi connectivity index (χ2v) is 6.86. The van der Waals surface area contributed by atoms with Crippen LogP contribution in [0.25, 0.3) is 0 Å². The topological polar surface area (TPSA) is 26.8 Å². The summed E-state index contributed by atoms with van der Waals surface area (Å²) in [6.45, 7) is 7.42. The Balaban J connectivity index is 1.56. The van der Waals surface area contributed by atoms with Crippen LogP contribution in [0.1, 0.15) is 19.8 Å². The number of halogens is 1. The molecule has 4 nitrogen and oxygen atoms in total. The molecule has 1 aromatic carbocycles. The van der Waals surface area contributed by atoms with Gasteiger partial charge >= 0.3 is 0 Å². The van der Waals surface area contributed by atoms with Crippen LogP contribution in [-0.2, 0) is 4.79 Å². The van der Waals surface area contributed by atoms with Crippen LogP contribution < -0.4 is 4.90 Å². The van der Waals surface area contributed by atoms with Gasteiger partial charge in [-0.3, -0.25) is 9.69 Å². The first-order chi connectivity index (χ1) is 11.7. The van der Waals surface area contributed by atoms with E-state index >= 15 is 0 Å². The minimum absolute atomic E-state index is 0.0280. The first kappa shape index (κ1) is 17.1. The van der Waals surface area contributed by atoms with Crippen LogP contribution in [0.15, 0.2) is 24.3 Å². The van der Waals surface area contributed by atoms with Gasteiger partial charge in [-0.1, -0.05) is 23.6 Å². The zero-order valence-corrected chi connectivity index (χ0v) is 14.9. The predicted molar refractivity (Wildman–Crippen MR) is 98.3 cm³/mol. The van der Waals surface area contributed by atoms with E-state index in [9.17, 15) is 4.79 Å². The molecule has 2 saturated heterocycles. The molecule has 1 amide bonds. The van der Waals surface area contributed by atoms with Gasteiger partial charge in [-0.25, -0.2) is 0 Å². The van der Waals surface area contributed by atoms with Gasteiger partial charge in [0.25, 0.3) is 5.91 Å². The van der Waals surface area contributed by atoms with Gasteiger partial charge in [-0.05, 0) is 43.9 Å². The quantitative estimate of drug-likeness (QED) is 0.770. The van der Waals surface area contributed by atoms with E-state index in [1.807, 2.05) is 23.1 Å². The van der Waals surface area contributed by atoms with Gasteiger partial charge in [-0.15, -0.1) is 0 Å². The number of likely N-dealkylation sites (tertiary alicyclic amines) is 1. The zero-order chi connectivity index (χ0) is 16.9. The fourth-order valence-corrected chi connectivity index (χ4v) is 3.83. The average Bonchev–Trinajstić information content (AvgIpc) is 2.62. The summed E-state index contributed by atoms with van der Waals surface area (Å²) < 4.78 is 0. The Hall–Kier alpha value is -1.70. The van der Waals surface area contributed by atoms with Crippen LogP contribution in [0.2, 0.25) is 5.02 Å². The summed E-state index contributed by atoms with van der Waals surface area (Å²) in [5.74, 6) is 5.36. The maximum Gasteiger partial charge on any atom is 0.298 e. The highest BCUT2D eigenvalue weighted by Crippen LogP contribution is 2.23. The molecule has 128 valence electrons. The summed E-state index contributed by atoms with van der Waals surface area (Å²) in [6, 6.07) is 8.52. The SMILES string of the molecule is CC#CC(=O)N1CCCC(N2CCN(c3cccc(Cl)c3)CC2)C1. The van der Waals surface area contributed by atoms with Crippen LogP contribution in [0, 0.1) is 11.8 Å². The maximum absolute atomic E-state index is 12.0. The molecule has 3 rings (SSSR count). The van der Waals surface area contributed by atoms with Crippen LogP contribution in [0.3, 0.4) is 0 Å². The third-order valence-electron chi connectivity index (χ3n) is 4.92. The van der Waals surface area contributed by atoms with Crippen molar-refractivity contribution < 1.29 is 4.79 Å². The van der Waals surface area contributed by atoms with Gasteiger partial charge in [0.2, 0.25) is 0 Å². The van der Waals surface area contributed by atoms with Crippen molar-refractivity contribution in [3.05, 3.63) is 29.3 Å². The maximum atomic E-state index is 12.0. The van der Waals surface area contributed by atoms with Crippen LogP contribution in [-0.4, -0.2) is 61.0 Å². The Morgan fingerprint density at radius 3 is 2.71 bits per heavy atom. The number of piperazine rings is 1. The van der Waals surface area contributed by atoms with Crippen LogP contribution in [0.4, 0.5) is 5.69 Å². The van der Waals surface area contributed by atoms with Gasteiger partial charge in [-0.2, -0.15) is 0 Å². The Morgan fingerprint density at radius 1 is 1.21 bits per heavy atom. The summed E-state index contributed by atoms with van der Waals surface area (Å²) in [6.07, 6.45) is 2.23. The molecule has 0 aromatic heterocycles. The summed E-state index contributed by atoms with van der Waals surface area (Å²) in [7, 11) is 0. The minimum Gasteiger partial charge on any atom is -0.369 e. The number of anilines is 1. The first-order valence-corrected chi connectivity index (χ1v) is 9.01. The van der Waals surface area contributed by atoms with E-state index in [0.29, 0.717) is 6.04 Å². The Morgan fingerprint density at radius 2 is 2.00 bits per heavy atom. The molecule has 2 aliphatic heterocycles. The number of carbonyl (C=O) groups is 1. The zero-order valence-electron chi connectivity index (χ0n) is 14.2. The number of rotatable bonds is 2. The molecule has 0 spiro atoms. The number of piperidine rings is 1. The van der Waals surface area contributed by atoms with E-state index < -0.39 is 0 Å². The van der Waals surface area contributed by atoms with E-state index in [1.54, 1.807) is 6.92 Å². The highest BCUT2D eigenvalue weighted by Gasteiger charge is 2.29. The van der Waals surface area contributed by atoms with E-state index in [-0.39, 0.29) is 5.91 Å². The molecule has 0 radical (unpaired) electrons. The van der Waals surface area contributed by atoms with Gasteiger partial charge in [0.15, 0.2) is 0 Å². The van der Waals surface area contributed by atoms with Crippen molar-refractivity contribution >= 4 is 23.2 Å². The van der Waals surface area contributed by atoms with Crippen molar-refractivity contribution in [3.63, 3.8) is 0 Å². The lowest BCUT2D eigenvalue weighted by Gasteiger charge is -2.43. The van der Waals surface area contributed by atoms with Gasteiger partial charge in [0.1, 0.15) is 0 Å².